The normalized spacial score (nSPS) is 24.3. The van der Waals surface area contributed by atoms with Gasteiger partial charge in [0.05, 0.1) is 17.5 Å². The zero-order chi connectivity index (χ0) is 17.6. The van der Waals surface area contributed by atoms with Crippen LogP contribution in [-0.2, 0) is 9.59 Å². The summed E-state index contributed by atoms with van der Waals surface area (Å²) in [5.41, 5.74) is 1.29. The number of hydrogen-bond donors (Lipinski definition) is 0. The van der Waals surface area contributed by atoms with Gasteiger partial charge in [-0.15, -0.1) is 5.10 Å². The van der Waals surface area contributed by atoms with Crippen molar-refractivity contribution in [2.75, 3.05) is 26.7 Å². The van der Waals surface area contributed by atoms with Crippen molar-refractivity contribution in [3.8, 4) is 0 Å². The molecule has 2 aliphatic rings. The van der Waals surface area contributed by atoms with Crippen LogP contribution >= 0.6 is 0 Å². The van der Waals surface area contributed by atoms with Gasteiger partial charge in [-0.25, -0.2) is 9.07 Å². The maximum absolute atomic E-state index is 13.3. The molecule has 8 heteroatoms. The molecule has 25 heavy (non-hydrogen) atoms. The van der Waals surface area contributed by atoms with E-state index in [9.17, 15) is 14.0 Å². The first-order valence-electron chi connectivity index (χ1n) is 8.56. The molecule has 3 heterocycles. The Labute approximate surface area is 144 Å². The average molecular weight is 345 g/mol. The first kappa shape index (κ1) is 16.0. The zero-order valence-electron chi connectivity index (χ0n) is 14.1. The van der Waals surface area contributed by atoms with E-state index in [-0.39, 0.29) is 29.6 Å². The number of benzene rings is 1. The van der Waals surface area contributed by atoms with Crippen molar-refractivity contribution in [2.45, 2.75) is 25.3 Å². The number of rotatable bonds is 2. The van der Waals surface area contributed by atoms with Gasteiger partial charge in [-0.2, -0.15) is 0 Å². The zero-order valence-corrected chi connectivity index (χ0v) is 14.1. The molecule has 4 rings (SSSR count). The van der Waals surface area contributed by atoms with Gasteiger partial charge < -0.3 is 9.80 Å². The van der Waals surface area contributed by atoms with Crippen LogP contribution in [-0.4, -0.2) is 63.3 Å². The summed E-state index contributed by atoms with van der Waals surface area (Å²) >= 11 is 0. The van der Waals surface area contributed by atoms with Crippen molar-refractivity contribution in [3.05, 3.63) is 24.0 Å². The second-order valence-electron chi connectivity index (χ2n) is 6.92. The molecule has 0 N–H and O–H groups in total. The standard InChI is InChI=1S/C17H20FN5O2/c1-21-9-11(7-16(21)24)17(25)22-6-2-3-13(10-22)23-15-5-4-12(18)8-14(15)19-20-23/h4-5,8,11,13H,2-3,6-7,9-10H2,1H3. The summed E-state index contributed by atoms with van der Waals surface area (Å²) in [6, 6.07) is 4.46. The molecule has 2 saturated heterocycles. The van der Waals surface area contributed by atoms with Gasteiger partial charge in [0, 0.05) is 39.2 Å². The highest BCUT2D eigenvalue weighted by Crippen LogP contribution is 2.27. The largest absolute Gasteiger partial charge is 0.345 e. The quantitative estimate of drug-likeness (QED) is 0.820. The molecular weight excluding hydrogens is 325 g/mol. The number of amides is 2. The van der Waals surface area contributed by atoms with Crippen molar-refractivity contribution in [2.24, 2.45) is 5.92 Å². The van der Waals surface area contributed by atoms with E-state index < -0.39 is 0 Å². The number of likely N-dealkylation sites (tertiary alicyclic amines) is 2. The predicted molar refractivity (Wildman–Crippen MR) is 88.1 cm³/mol. The van der Waals surface area contributed by atoms with Crippen LogP contribution in [0.3, 0.4) is 0 Å². The number of fused-ring (bicyclic) bond motifs is 1. The van der Waals surface area contributed by atoms with E-state index in [1.165, 1.54) is 12.1 Å². The molecule has 1 aromatic heterocycles. The van der Waals surface area contributed by atoms with Gasteiger partial charge in [0.1, 0.15) is 11.3 Å². The summed E-state index contributed by atoms with van der Waals surface area (Å²) < 4.78 is 15.1. The molecule has 2 aliphatic heterocycles. The van der Waals surface area contributed by atoms with Gasteiger partial charge in [0.2, 0.25) is 11.8 Å². The fourth-order valence-electron chi connectivity index (χ4n) is 3.83. The number of carbonyl (C=O) groups excluding carboxylic acids is 2. The molecule has 7 nitrogen and oxygen atoms in total. The molecule has 2 amide bonds. The maximum atomic E-state index is 13.3. The van der Waals surface area contributed by atoms with E-state index in [4.69, 9.17) is 0 Å². The number of piperidine rings is 1. The van der Waals surface area contributed by atoms with Crippen LogP contribution in [0.25, 0.3) is 11.0 Å². The van der Waals surface area contributed by atoms with Crippen molar-refractivity contribution < 1.29 is 14.0 Å². The second-order valence-corrected chi connectivity index (χ2v) is 6.92. The fourth-order valence-corrected chi connectivity index (χ4v) is 3.83. The molecule has 1 aromatic carbocycles. The van der Waals surface area contributed by atoms with Crippen molar-refractivity contribution in [1.29, 1.82) is 0 Å². The van der Waals surface area contributed by atoms with Crippen LogP contribution < -0.4 is 0 Å². The van der Waals surface area contributed by atoms with Crippen LogP contribution in [0.5, 0.6) is 0 Å². The van der Waals surface area contributed by atoms with E-state index in [1.54, 1.807) is 22.7 Å². The Hall–Kier alpha value is -2.51. The molecule has 2 fully saturated rings. The van der Waals surface area contributed by atoms with Crippen LogP contribution in [0.4, 0.5) is 4.39 Å². The Balaban J connectivity index is 1.52. The maximum Gasteiger partial charge on any atom is 0.228 e. The predicted octanol–water partition coefficient (Wildman–Crippen LogP) is 1.21. The fraction of sp³-hybridized carbons (Fsp3) is 0.529. The molecule has 0 bridgehead atoms. The Morgan fingerprint density at radius 3 is 2.92 bits per heavy atom. The van der Waals surface area contributed by atoms with Crippen molar-refractivity contribution in [1.82, 2.24) is 24.8 Å². The number of carbonyl (C=O) groups is 2. The lowest BCUT2D eigenvalue weighted by atomic mass is 10.0. The molecule has 0 radical (unpaired) electrons. The second kappa shape index (κ2) is 6.09. The first-order valence-corrected chi connectivity index (χ1v) is 8.56. The molecule has 0 saturated carbocycles. The third-order valence-corrected chi connectivity index (χ3v) is 5.18. The highest BCUT2D eigenvalue weighted by molar-refractivity contribution is 5.89. The summed E-state index contributed by atoms with van der Waals surface area (Å²) in [5, 5.41) is 8.22. The SMILES string of the molecule is CN1CC(C(=O)N2CCCC(n3nnc4cc(F)ccc43)C2)CC1=O. The molecule has 2 unspecified atom stereocenters. The van der Waals surface area contributed by atoms with Crippen LogP contribution in [0, 0.1) is 11.7 Å². The summed E-state index contributed by atoms with van der Waals surface area (Å²) in [6.07, 6.45) is 2.06. The lowest BCUT2D eigenvalue weighted by molar-refractivity contribution is -0.137. The molecule has 2 atom stereocenters. The van der Waals surface area contributed by atoms with E-state index in [0.717, 1.165) is 18.4 Å². The highest BCUT2D eigenvalue weighted by Gasteiger charge is 2.36. The topological polar surface area (TPSA) is 71.3 Å². The van der Waals surface area contributed by atoms with Crippen LogP contribution in [0.15, 0.2) is 18.2 Å². The first-order chi connectivity index (χ1) is 12.0. The molecule has 0 spiro atoms. The third kappa shape index (κ3) is 2.85. The Morgan fingerprint density at radius 2 is 2.16 bits per heavy atom. The molecule has 2 aromatic rings. The lowest BCUT2D eigenvalue weighted by Crippen LogP contribution is -2.44. The van der Waals surface area contributed by atoms with E-state index >= 15 is 0 Å². The Bertz CT molecular complexity index is 836. The smallest absolute Gasteiger partial charge is 0.228 e. The van der Waals surface area contributed by atoms with Gasteiger partial charge in [-0.3, -0.25) is 9.59 Å². The molecule has 0 aliphatic carbocycles. The number of aromatic nitrogens is 3. The highest BCUT2D eigenvalue weighted by atomic mass is 19.1. The number of halogens is 1. The lowest BCUT2D eigenvalue weighted by Gasteiger charge is -2.34. The van der Waals surface area contributed by atoms with E-state index in [0.29, 0.717) is 31.6 Å². The van der Waals surface area contributed by atoms with Gasteiger partial charge in [0.25, 0.3) is 0 Å². The van der Waals surface area contributed by atoms with Crippen LogP contribution in [0.1, 0.15) is 25.3 Å². The molecule has 132 valence electrons. The number of nitrogens with zero attached hydrogens (tertiary/aromatic N) is 5. The van der Waals surface area contributed by atoms with Crippen molar-refractivity contribution >= 4 is 22.8 Å². The summed E-state index contributed by atoms with van der Waals surface area (Å²) in [7, 11) is 1.73. The average Bonchev–Trinajstić information content (AvgIpc) is 3.17. The van der Waals surface area contributed by atoms with Gasteiger partial charge in [-0.1, -0.05) is 5.21 Å². The van der Waals surface area contributed by atoms with Gasteiger partial charge in [-0.05, 0) is 25.0 Å². The monoisotopic (exact) mass is 345 g/mol. The van der Waals surface area contributed by atoms with Gasteiger partial charge in [0.15, 0.2) is 0 Å². The third-order valence-electron chi connectivity index (χ3n) is 5.18. The van der Waals surface area contributed by atoms with Gasteiger partial charge >= 0.3 is 0 Å². The Kier molecular flexibility index (Phi) is 3.89. The van der Waals surface area contributed by atoms with E-state index in [1.807, 2.05) is 4.90 Å². The van der Waals surface area contributed by atoms with Crippen LogP contribution in [0.2, 0.25) is 0 Å². The minimum absolute atomic E-state index is 0.0167. The molecular formula is C17H20FN5O2. The summed E-state index contributed by atoms with van der Waals surface area (Å²) in [5.74, 6) is -0.526. The summed E-state index contributed by atoms with van der Waals surface area (Å²) in [6.45, 7) is 1.73. The summed E-state index contributed by atoms with van der Waals surface area (Å²) in [4.78, 5) is 27.9. The Morgan fingerprint density at radius 1 is 1.32 bits per heavy atom. The van der Waals surface area contributed by atoms with Crippen molar-refractivity contribution in [3.63, 3.8) is 0 Å². The van der Waals surface area contributed by atoms with E-state index in [2.05, 4.69) is 10.3 Å². The minimum atomic E-state index is -0.338. The number of hydrogen-bond acceptors (Lipinski definition) is 4. The minimum Gasteiger partial charge on any atom is -0.345 e.